The van der Waals surface area contributed by atoms with Crippen LogP contribution in [0.1, 0.15) is 11.1 Å². The van der Waals surface area contributed by atoms with Gasteiger partial charge in [-0.25, -0.2) is 4.39 Å². The van der Waals surface area contributed by atoms with Crippen molar-refractivity contribution in [1.29, 1.82) is 0 Å². The number of hydrogen-bond acceptors (Lipinski definition) is 1. The topological polar surface area (TPSA) is 12.0 Å². The molecule has 0 saturated heterocycles. The minimum Gasteiger partial charge on any atom is -0.381 e. The van der Waals surface area contributed by atoms with Gasteiger partial charge in [0.2, 0.25) is 0 Å². The Morgan fingerprint density at radius 3 is 2.67 bits per heavy atom. The van der Waals surface area contributed by atoms with Crippen LogP contribution in [0.4, 0.5) is 10.1 Å². The second-order valence-corrected chi connectivity index (χ2v) is 5.33. The summed E-state index contributed by atoms with van der Waals surface area (Å²) in [5, 5.41) is 3.33. The van der Waals surface area contributed by atoms with Crippen molar-refractivity contribution in [2.75, 3.05) is 5.32 Å². The number of rotatable bonds is 3. The maximum Gasteiger partial charge on any atom is 0.141 e. The van der Waals surface area contributed by atoms with Crippen molar-refractivity contribution in [2.45, 2.75) is 13.5 Å². The van der Waals surface area contributed by atoms with Crippen molar-refractivity contribution >= 4 is 33.2 Å². The lowest BCUT2D eigenvalue weighted by molar-refractivity contribution is 0.628. The second-order valence-electron chi connectivity index (χ2n) is 4.07. The first-order chi connectivity index (χ1) is 8.56. The van der Waals surface area contributed by atoms with Crippen LogP contribution in [0.25, 0.3) is 0 Å². The molecule has 0 fully saturated rings. The van der Waals surface area contributed by atoms with E-state index in [-0.39, 0.29) is 5.02 Å². The molecule has 18 heavy (non-hydrogen) atoms. The zero-order valence-electron chi connectivity index (χ0n) is 9.81. The van der Waals surface area contributed by atoms with Crippen LogP contribution in [0.5, 0.6) is 0 Å². The molecule has 0 aliphatic rings. The predicted molar refractivity (Wildman–Crippen MR) is 77.6 cm³/mol. The number of benzene rings is 2. The van der Waals surface area contributed by atoms with Crippen LogP contribution in [-0.2, 0) is 6.54 Å². The molecule has 0 saturated carbocycles. The predicted octanol–water partition coefficient (Wildman–Crippen LogP) is 5.16. The third kappa shape index (κ3) is 3.24. The first-order valence-corrected chi connectivity index (χ1v) is 6.67. The van der Waals surface area contributed by atoms with Gasteiger partial charge in [-0.2, -0.15) is 0 Å². The molecule has 1 N–H and O–H groups in total. The van der Waals surface area contributed by atoms with Crippen molar-refractivity contribution in [2.24, 2.45) is 0 Å². The summed E-state index contributed by atoms with van der Waals surface area (Å²) in [6.45, 7) is 2.71. The third-order valence-electron chi connectivity index (χ3n) is 2.65. The van der Waals surface area contributed by atoms with Crippen LogP contribution >= 0.6 is 27.5 Å². The normalized spacial score (nSPS) is 10.4. The molecule has 1 nitrogen and oxygen atoms in total. The molecule has 0 atom stereocenters. The van der Waals surface area contributed by atoms with Crippen LogP contribution in [0, 0.1) is 12.7 Å². The van der Waals surface area contributed by atoms with Gasteiger partial charge in [0, 0.05) is 16.7 Å². The summed E-state index contributed by atoms with van der Waals surface area (Å²) in [6, 6.07) is 10.8. The van der Waals surface area contributed by atoms with E-state index in [1.165, 1.54) is 11.6 Å². The van der Waals surface area contributed by atoms with Gasteiger partial charge in [-0.3, -0.25) is 0 Å². The zero-order chi connectivity index (χ0) is 13.1. The van der Waals surface area contributed by atoms with E-state index in [1.807, 2.05) is 6.92 Å². The Kier molecular flexibility index (Phi) is 4.25. The molecule has 0 spiro atoms. The van der Waals surface area contributed by atoms with Crippen LogP contribution in [0.15, 0.2) is 40.9 Å². The lowest BCUT2D eigenvalue weighted by atomic mass is 10.1. The number of nitrogens with one attached hydrogen (secondary N) is 1. The Bertz CT molecular complexity index is 520. The van der Waals surface area contributed by atoms with Crippen molar-refractivity contribution < 1.29 is 4.39 Å². The molecule has 0 aliphatic heterocycles. The maximum atomic E-state index is 13.0. The Labute approximate surface area is 119 Å². The van der Waals surface area contributed by atoms with Gasteiger partial charge in [-0.1, -0.05) is 39.7 Å². The molecule has 0 aromatic heterocycles. The highest BCUT2D eigenvalue weighted by Gasteiger charge is 2.01. The fourth-order valence-corrected chi connectivity index (χ4v) is 2.16. The Hall–Kier alpha value is -1.06. The molecule has 0 amide bonds. The second kappa shape index (κ2) is 5.72. The third-order valence-corrected chi connectivity index (χ3v) is 3.80. The highest BCUT2D eigenvalue weighted by molar-refractivity contribution is 9.10. The smallest absolute Gasteiger partial charge is 0.141 e. The summed E-state index contributed by atoms with van der Waals surface area (Å²) in [6.07, 6.45) is 0. The molecular weight excluding hydrogens is 317 g/mol. The van der Waals surface area contributed by atoms with Crippen molar-refractivity contribution in [3.8, 4) is 0 Å². The number of hydrogen-bond donors (Lipinski definition) is 1. The average molecular weight is 329 g/mol. The van der Waals surface area contributed by atoms with E-state index in [0.717, 1.165) is 15.7 Å². The van der Waals surface area contributed by atoms with Gasteiger partial charge < -0.3 is 5.32 Å². The standard InChI is InChI=1S/C14H12BrClFN/c1-9-2-3-10(6-12(9)15)8-18-11-4-5-14(17)13(16)7-11/h2-7,18H,8H2,1H3. The summed E-state index contributed by atoms with van der Waals surface area (Å²) in [7, 11) is 0. The molecule has 0 bridgehead atoms. The molecule has 0 heterocycles. The first-order valence-electron chi connectivity index (χ1n) is 5.50. The highest BCUT2D eigenvalue weighted by atomic mass is 79.9. The summed E-state index contributed by atoms with van der Waals surface area (Å²) >= 11 is 9.21. The van der Waals surface area contributed by atoms with Gasteiger partial charge in [0.15, 0.2) is 0 Å². The highest BCUT2D eigenvalue weighted by Crippen LogP contribution is 2.21. The summed E-state index contributed by atoms with van der Waals surface area (Å²) in [4.78, 5) is 0. The average Bonchev–Trinajstić information content (AvgIpc) is 2.35. The number of anilines is 1. The van der Waals surface area contributed by atoms with Crippen molar-refractivity contribution in [3.63, 3.8) is 0 Å². The molecule has 0 radical (unpaired) electrons. The Morgan fingerprint density at radius 2 is 2.00 bits per heavy atom. The molecular formula is C14H12BrClFN. The van der Waals surface area contributed by atoms with Gasteiger partial charge in [0.1, 0.15) is 5.82 Å². The minimum absolute atomic E-state index is 0.130. The lowest BCUT2D eigenvalue weighted by Crippen LogP contribution is -1.99. The molecule has 94 valence electrons. The van der Waals surface area contributed by atoms with Crippen molar-refractivity contribution in [1.82, 2.24) is 0 Å². The zero-order valence-corrected chi connectivity index (χ0v) is 12.1. The van der Waals surface area contributed by atoms with E-state index in [9.17, 15) is 4.39 Å². The monoisotopic (exact) mass is 327 g/mol. The summed E-state index contributed by atoms with van der Waals surface area (Å²) < 4.78 is 14.1. The SMILES string of the molecule is Cc1ccc(CNc2ccc(F)c(Cl)c2)cc1Br. The van der Waals surface area contributed by atoms with E-state index in [0.29, 0.717) is 6.54 Å². The molecule has 2 aromatic carbocycles. The molecule has 4 heteroatoms. The molecule has 0 unspecified atom stereocenters. The fourth-order valence-electron chi connectivity index (χ4n) is 1.56. The Balaban J connectivity index is 2.06. The van der Waals surface area contributed by atoms with Gasteiger partial charge >= 0.3 is 0 Å². The van der Waals surface area contributed by atoms with Crippen LogP contribution in [0.3, 0.4) is 0 Å². The molecule has 0 aliphatic carbocycles. The summed E-state index contributed by atoms with van der Waals surface area (Å²) in [5.41, 5.74) is 3.15. The molecule has 2 aromatic rings. The number of halogens is 3. The maximum absolute atomic E-state index is 13.0. The van der Waals surface area contributed by atoms with Gasteiger partial charge in [0.25, 0.3) is 0 Å². The number of aryl methyl sites for hydroxylation is 1. The van der Waals surface area contributed by atoms with E-state index in [4.69, 9.17) is 11.6 Å². The van der Waals surface area contributed by atoms with Crippen molar-refractivity contribution in [3.05, 3.63) is 62.8 Å². The fraction of sp³-hybridized carbons (Fsp3) is 0.143. The van der Waals surface area contributed by atoms with Crippen LogP contribution in [0.2, 0.25) is 5.02 Å². The minimum atomic E-state index is -0.403. The van der Waals surface area contributed by atoms with Crippen LogP contribution in [-0.4, -0.2) is 0 Å². The van der Waals surface area contributed by atoms with E-state index in [2.05, 4.69) is 39.4 Å². The van der Waals surface area contributed by atoms with E-state index >= 15 is 0 Å². The first kappa shape index (κ1) is 13.4. The van der Waals surface area contributed by atoms with E-state index in [1.54, 1.807) is 12.1 Å². The van der Waals surface area contributed by atoms with Gasteiger partial charge in [-0.05, 0) is 42.3 Å². The largest absolute Gasteiger partial charge is 0.381 e. The van der Waals surface area contributed by atoms with E-state index < -0.39 is 5.82 Å². The van der Waals surface area contributed by atoms with Gasteiger partial charge in [0.05, 0.1) is 5.02 Å². The lowest BCUT2D eigenvalue weighted by Gasteiger charge is -2.08. The van der Waals surface area contributed by atoms with Crippen LogP contribution < -0.4 is 5.32 Å². The quantitative estimate of drug-likeness (QED) is 0.820. The molecule has 2 rings (SSSR count). The van der Waals surface area contributed by atoms with Gasteiger partial charge in [-0.15, -0.1) is 0 Å². The summed E-state index contributed by atoms with van der Waals surface area (Å²) in [5.74, 6) is -0.403. The Morgan fingerprint density at radius 1 is 1.22 bits per heavy atom.